The zero-order valence-electron chi connectivity index (χ0n) is 11.5. The first-order valence-electron chi connectivity index (χ1n) is 6.50. The highest BCUT2D eigenvalue weighted by molar-refractivity contribution is 9.10. The molecule has 0 unspecified atom stereocenters. The maximum atomic E-state index is 10.3. The van der Waals surface area contributed by atoms with Gasteiger partial charge in [-0.3, -0.25) is 5.32 Å². The summed E-state index contributed by atoms with van der Waals surface area (Å²) < 4.78 is 7.72. The molecule has 0 amide bonds. The molecule has 1 aliphatic rings. The molecule has 1 aliphatic heterocycles. The summed E-state index contributed by atoms with van der Waals surface area (Å²) >= 11 is 3.41. The van der Waals surface area contributed by atoms with Crippen LogP contribution in [0.5, 0.6) is 0 Å². The van der Waals surface area contributed by atoms with E-state index in [1.54, 1.807) is 10.9 Å². The average molecular weight is 357 g/mol. The SMILES string of the molecule is C=N/C(=N\c1c(Br)cnn1CNCC=O)N1CCOCC1. The van der Waals surface area contributed by atoms with Gasteiger partial charge in [0.05, 0.1) is 37.1 Å². The zero-order valence-corrected chi connectivity index (χ0v) is 13.1. The zero-order chi connectivity index (χ0) is 15.1. The number of carbonyl (C=O) groups excluding carboxylic acids is 1. The van der Waals surface area contributed by atoms with Crippen molar-refractivity contribution in [2.75, 3.05) is 32.8 Å². The van der Waals surface area contributed by atoms with E-state index < -0.39 is 0 Å². The molecule has 1 aromatic heterocycles. The molecule has 0 bridgehead atoms. The maximum absolute atomic E-state index is 10.3. The second kappa shape index (κ2) is 8.01. The van der Waals surface area contributed by atoms with Gasteiger partial charge in [-0.2, -0.15) is 10.1 Å². The summed E-state index contributed by atoms with van der Waals surface area (Å²) in [5, 5.41) is 7.14. The maximum Gasteiger partial charge on any atom is 0.226 e. The molecule has 0 aliphatic carbocycles. The lowest BCUT2D eigenvalue weighted by molar-refractivity contribution is -0.107. The Kier molecular flexibility index (Phi) is 6.03. The van der Waals surface area contributed by atoms with Crippen molar-refractivity contribution in [2.45, 2.75) is 6.67 Å². The van der Waals surface area contributed by atoms with E-state index in [2.05, 4.69) is 43.0 Å². The highest BCUT2D eigenvalue weighted by Crippen LogP contribution is 2.25. The molecule has 1 fully saturated rings. The predicted molar refractivity (Wildman–Crippen MR) is 83.0 cm³/mol. The summed E-state index contributed by atoms with van der Waals surface area (Å²) in [6.07, 6.45) is 2.45. The summed E-state index contributed by atoms with van der Waals surface area (Å²) in [6.45, 7) is 6.98. The molecule has 1 aromatic rings. The summed E-state index contributed by atoms with van der Waals surface area (Å²) in [5.41, 5.74) is 0. The third-order valence-corrected chi connectivity index (χ3v) is 3.46. The van der Waals surface area contributed by atoms with Gasteiger partial charge in [-0.05, 0) is 22.6 Å². The van der Waals surface area contributed by atoms with Crippen LogP contribution in [-0.4, -0.2) is 66.5 Å². The Morgan fingerprint density at radius 1 is 1.57 bits per heavy atom. The Labute approximate surface area is 131 Å². The number of carbonyl (C=O) groups is 1. The molecule has 1 saturated heterocycles. The fourth-order valence-electron chi connectivity index (χ4n) is 1.88. The Balaban J connectivity index is 2.18. The molecule has 114 valence electrons. The van der Waals surface area contributed by atoms with Gasteiger partial charge in [0.25, 0.3) is 0 Å². The molecule has 0 saturated carbocycles. The molecule has 0 radical (unpaired) electrons. The molecule has 2 heterocycles. The third kappa shape index (κ3) is 4.19. The van der Waals surface area contributed by atoms with E-state index in [1.807, 2.05) is 4.90 Å². The van der Waals surface area contributed by atoms with Crippen molar-refractivity contribution in [2.24, 2.45) is 9.98 Å². The number of hydrogen-bond acceptors (Lipinski definition) is 5. The number of aliphatic imine (C=N–C) groups is 2. The summed E-state index contributed by atoms with van der Waals surface area (Å²) in [6, 6.07) is 0. The standard InChI is InChI=1S/C12H17BrN6O2/c1-14-12(18-3-6-21-7-4-18)17-11-10(13)8-16-19(11)9-15-2-5-20/h5,8,15H,1-4,6-7,9H2/b17-12+. The molecule has 1 N–H and O–H groups in total. The van der Waals surface area contributed by atoms with Crippen LogP contribution in [0.2, 0.25) is 0 Å². The van der Waals surface area contributed by atoms with E-state index in [1.165, 1.54) is 0 Å². The topological polar surface area (TPSA) is 84.1 Å². The number of aldehydes is 1. The minimum atomic E-state index is 0.261. The van der Waals surface area contributed by atoms with Crippen molar-refractivity contribution in [1.82, 2.24) is 20.0 Å². The number of nitrogens with zero attached hydrogens (tertiary/aromatic N) is 5. The quantitative estimate of drug-likeness (QED) is 0.357. The predicted octanol–water partition coefficient (Wildman–Crippen LogP) is 0.412. The highest BCUT2D eigenvalue weighted by Gasteiger charge is 2.16. The Bertz CT molecular complexity index is 524. The van der Waals surface area contributed by atoms with Crippen molar-refractivity contribution in [3.05, 3.63) is 10.7 Å². The molecule has 0 atom stereocenters. The fraction of sp³-hybridized carbons (Fsp3) is 0.500. The largest absolute Gasteiger partial charge is 0.378 e. The number of rotatable bonds is 5. The van der Waals surface area contributed by atoms with E-state index in [9.17, 15) is 4.79 Å². The molecular formula is C12H17BrN6O2. The first-order valence-corrected chi connectivity index (χ1v) is 7.29. The molecule has 9 heteroatoms. The van der Waals surface area contributed by atoms with Crippen molar-refractivity contribution in [3.63, 3.8) is 0 Å². The van der Waals surface area contributed by atoms with Gasteiger partial charge in [-0.25, -0.2) is 9.67 Å². The van der Waals surface area contributed by atoms with Crippen LogP contribution in [0, 0.1) is 0 Å². The van der Waals surface area contributed by atoms with Crippen LogP contribution in [0.3, 0.4) is 0 Å². The highest BCUT2D eigenvalue weighted by atomic mass is 79.9. The lowest BCUT2D eigenvalue weighted by atomic mass is 10.4. The van der Waals surface area contributed by atoms with Crippen molar-refractivity contribution >= 4 is 40.7 Å². The molecule has 21 heavy (non-hydrogen) atoms. The van der Waals surface area contributed by atoms with Crippen LogP contribution in [0.25, 0.3) is 0 Å². The van der Waals surface area contributed by atoms with E-state index in [4.69, 9.17) is 4.74 Å². The van der Waals surface area contributed by atoms with Crippen molar-refractivity contribution < 1.29 is 9.53 Å². The Morgan fingerprint density at radius 2 is 2.33 bits per heavy atom. The molecule has 2 rings (SSSR count). The van der Waals surface area contributed by atoms with Crippen LogP contribution >= 0.6 is 15.9 Å². The van der Waals surface area contributed by atoms with Gasteiger partial charge < -0.3 is 14.4 Å². The third-order valence-electron chi connectivity index (χ3n) is 2.90. The first-order chi connectivity index (χ1) is 10.3. The van der Waals surface area contributed by atoms with Gasteiger partial charge in [-0.1, -0.05) is 0 Å². The average Bonchev–Trinajstić information content (AvgIpc) is 2.86. The number of morpholine rings is 1. The van der Waals surface area contributed by atoms with Gasteiger partial charge >= 0.3 is 0 Å². The second-order valence-electron chi connectivity index (χ2n) is 4.26. The van der Waals surface area contributed by atoms with E-state index in [-0.39, 0.29) is 6.54 Å². The fourth-order valence-corrected chi connectivity index (χ4v) is 2.26. The van der Waals surface area contributed by atoms with Crippen molar-refractivity contribution in [3.8, 4) is 0 Å². The molecule has 0 aromatic carbocycles. The van der Waals surface area contributed by atoms with Crippen LogP contribution in [0.15, 0.2) is 20.7 Å². The number of guanidine groups is 1. The molecule has 8 nitrogen and oxygen atoms in total. The number of aromatic nitrogens is 2. The molecule has 0 spiro atoms. The number of nitrogens with one attached hydrogen (secondary N) is 1. The smallest absolute Gasteiger partial charge is 0.226 e. The number of halogens is 1. The lowest BCUT2D eigenvalue weighted by Gasteiger charge is -2.27. The summed E-state index contributed by atoms with van der Waals surface area (Å²) in [4.78, 5) is 20.9. The van der Waals surface area contributed by atoms with E-state index in [0.29, 0.717) is 31.7 Å². The van der Waals surface area contributed by atoms with Gasteiger partial charge in [0.1, 0.15) is 6.29 Å². The number of ether oxygens (including phenoxy) is 1. The normalized spacial score (nSPS) is 16.0. The van der Waals surface area contributed by atoms with Crippen LogP contribution in [-0.2, 0) is 16.2 Å². The summed E-state index contributed by atoms with van der Waals surface area (Å²) in [5.74, 6) is 1.17. The van der Waals surface area contributed by atoms with Gasteiger partial charge in [-0.15, -0.1) is 0 Å². The second-order valence-corrected chi connectivity index (χ2v) is 5.12. The Morgan fingerprint density at radius 3 is 3.00 bits per heavy atom. The lowest BCUT2D eigenvalue weighted by Crippen LogP contribution is -2.39. The van der Waals surface area contributed by atoms with Crippen molar-refractivity contribution in [1.29, 1.82) is 0 Å². The minimum absolute atomic E-state index is 0.261. The van der Waals surface area contributed by atoms with Gasteiger partial charge in [0.2, 0.25) is 5.96 Å². The Hall–Kier alpha value is -1.58. The minimum Gasteiger partial charge on any atom is -0.378 e. The van der Waals surface area contributed by atoms with Crippen LogP contribution < -0.4 is 5.32 Å². The van der Waals surface area contributed by atoms with Gasteiger partial charge in [0.15, 0.2) is 5.82 Å². The summed E-state index contributed by atoms with van der Waals surface area (Å²) in [7, 11) is 0. The van der Waals surface area contributed by atoms with Crippen LogP contribution in [0.1, 0.15) is 0 Å². The van der Waals surface area contributed by atoms with E-state index in [0.717, 1.165) is 23.8 Å². The monoisotopic (exact) mass is 356 g/mol. The van der Waals surface area contributed by atoms with E-state index >= 15 is 0 Å². The van der Waals surface area contributed by atoms with Gasteiger partial charge in [0, 0.05) is 13.1 Å². The molecular weight excluding hydrogens is 340 g/mol. The van der Waals surface area contributed by atoms with Crippen LogP contribution in [0.4, 0.5) is 5.82 Å². The number of hydrogen-bond donors (Lipinski definition) is 1. The first kappa shape index (κ1) is 15.8.